The van der Waals surface area contributed by atoms with E-state index in [0.29, 0.717) is 12.1 Å². The van der Waals surface area contributed by atoms with Crippen molar-refractivity contribution in [1.82, 2.24) is 19.9 Å². The van der Waals surface area contributed by atoms with Gasteiger partial charge in [0.15, 0.2) is 5.58 Å². The number of anilines is 1. The predicted octanol–water partition coefficient (Wildman–Crippen LogP) is 4.72. The van der Waals surface area contributed by atoms with E-state index in [1.807, 2.05) is 24.4 Å². The highest BCUT2D eigenvalue weighted by atomic mass is 16.3. The molecule has 1 aliphatic rings. The van der Waals surface area contributed by atoms with Crippen molar-refractivity contribution in [3.05, 3.63) is 49.1 Å². The Labute approximate surface area is 170 Å². The maximum absolute atomic E-state index is 5.51. The average Bonchev–Trinajstić information content (AvgIpc) is 3.22. The van der Waals surface area contributed by atoms with Crippen molar-refractivity contribution >= 4 is 27.8 Å². The zero-order chi connectivity index (χ0) is 19.8. The van der Waals surface area contributed by atoms with Crippen molar-refractivity contribution < 1.29 is 4.42 Å². The van der Waals surface area contributed by atoms with Gasteiger partial charge in [0.25, 0.3) is 0 Å². The first kappa shape index (κ1) is 18.1. The molecule has 1 aromatic carbocycles. The van der Waals surface area contributed by atoms with Crippen molar-refractivity contribution in [2.45, 2.75) is 37.8 Å². The van der Waals surface area contributed by atoms with Crippen LogP contribution in [0.4, 0.5) is 5.82 Å². The van der Waals surface area contributed by atoms with E-state index in [4.69, 9.17) is 4.42 Å². The highest BCUT2D eigenvalue weighted by molar-refractivity contribution is 5.93. The minimum absolute atomic E-state index is 0.453. The molecule has 1 N–H and O–H groups in total. The molecule has 4 aromatic rings. The lowest BCUT2D eigenvalue weighted by atomic mass is 9.90. The predicted molar refractivity (Wildman–Crippen MR) is 116 cm³/mol. The van der Waals surface area contributed by atoms with Crippen LogP contribution < -0.4 is 5.32 Å². The van der Waals surface area contributed by atoms with E-state index in [9.17, 15) is 0 Å². The molecule has 0 radical (unpaired) electrons. The first-order valence-electron chi connectivity index (χ1n) is 10.2. The number of benzene rings is 1. The third-order valence-corrected chi connectivity index (χ3v) is 6.04. The summed E-state index contributed by atoms with van der Waals surface area (Å²) in [5.74, 6) is 0.914. The molecule has 3 aromatic heterocycles. The van der Waals surface area contributed by atoms with Crippen molar-refractivity contribution in [2.75, 3.05) is 19.4 Å². The topological polar surface area (TPSA) is 67.1 Å². The molecule has 148 valence electrons. The summed E-state index contributed by atoms with van der Waals surface area (Å²) < 4.78 is 5.51. The molecule has 0 aliphatic heterocycles. The van der Waals surface area contributed by atoms with Crippen LogP contribution in [0.15, 0.2) is 53.5 Å². The number of pyridine rings is 1. The van der Waals surface area contributed by atoms with Gasteiger partial charge < -0.3 is 14.6 Å². The number of fused-ring (bicyclic) bond motifs is 2. The first-order chi connectivity index (χ1) is 14.2. The van der Waals surface area contributed by atoms with Gasteiger partial charge in [-0.2, -0.15) is 0 Å². The van der Waals surface area contributed by atoms with Crippen LogP contribution in [0, 0.1) is 0 Å². The Balaban J connectivity index is 1.44. The van der Waals surface area contributed by atoms with Gasteiger partial charge in [-0.25, -0.2) is 9.97 Å². The molecule has 1 saturated carbocycles. The zero-order valence-electron chi connectivity index (χ0n) is 16.8. The summed E-state index contributed by atoms with van der Waals surface area (Å²) in [6.07, 6.45) is 9.95. The number of furan rings is 1. The van der Waals surface area contributed by atoms with Gasteiger partial charge >= 0.3 is 0 Å². The zero-order valence-corrected chi connectivity index (χ0v) is 16.8. The lowest BCUT2D eigenvalue weighted by Gasteiger charge is -2.33. The molecule has 0 atom stereocenters. The second-order valence-corrected chi connectivity index (χ2v) is 8.10. The molecular formula is C23H25N5O. The molecule has 5 rings (SSSR count). The van der Waals surface area contributed by atoms with E-state index in [2.05, 4.69) is 51.4 Å². The Hall–Kier alpha value is -2.99. The third kappa shape index (κ3) is 3.56. The first-order valence-corrected chi connectivity index (χ1v) is 10.2. The van der Waals surface area contributed by atoms with E-state index in [0.717, 1.165) is 51.8 Å². The second kappa shape index (κ2) is 7.44. The van der Waals surface area contributed by atoms with E-state index >= 15 is 0 Å². The highest BCUT2D eigenvalue weighted by Gasteiger charge is 2.23. The Morgan fingerprint density at radius 1 is 0.931 bits per heavy atom. The number of nitrogens with zero attached hydrogens (tertiary/aromatic N) is 4. The van der Waals surface area contributed by atoms with Crippen LogP contribution in [0.3, 0.4) is 0 Å². The number of aromatic nitrogens is 3. The molecule has 29 heavy (non-hydrogen) atoms. The fourth-order valence-corrected chi connectivity index (χ4v) is 4.29. The Morgan fingerprint density at radius 2 is 1.79 bits per heavy atom. The van der Waals surface area contributed by atoms with Crippen molar-refractivity contribution in [1.29, 1.82) is 0 Å². The maximum atomic E-state index is 5.51. The summed E-state index contributed by atoms with van der Waals surface area (Å²) in [4.78, 5) is 15.8. The molecule has 0 amide bonds. The Kier molecular flexibility index (Phi) is 4.64. The van der Waals surface area contributed by atoms with Gasteiger partial charge in [-0.15, -0.1) is 0 Å². The minimum Gasteiger partial charge on any atom is -0.463 e. The standard InChI is InChI=1S/C23H25N5O/c1-28(2)18-6-4-17(5-7-18)27-23-19-11-15(3-8-20(19)25-14-26-23)16-12-22-21(24-13-16)9-10-29-22/h3,8-14,17-18H,4-7H2,1-2H3,(H,25,26,27). The third-order valence-electron chi connectivity index (χ3n) is 6.04. The van der Waals surface area contributed by atoms with Crippen LogP contribution in [0.25, 0.3) is 33.1 Å². The average molecular weight is 387 g/mol. The summed E-state index contributed by atoms with van der Waals surface area (Å²) in [5.41, 5.74) is 4.71. The van der Waals surface area contributed by atoms with Crippen LogP contribution in [-0.2, 0) is 0 Å². The van der Waals surface area contributed by atoms with Gasteiger partial charge in [0.2, 0.25) is 0 Å². The quantitative estimate of drug-likeness (QED) is 0.546. The van der Waals surface area contributed by atoms with Gasteiger partial charge in [-0.1, -0.05) is 6.07 Å². The van der Waals surface area contributed by atoms with Gasteiger partial charge in [-0.05, 0) is 63.5 Å². The van der Waals surface area contributed by atoms with Gasteiger partial charge in [-0.3, -0.25) is 4.98 Å². The van der Waals surface area contributed by atoms with Crippen LogP contribution in [0.1, 0.15) is 25.7 Å². The van der Waals surface area contributed by atoms with Crippen molar-refractivity contribution in [2.24, 2.45) is 0 Å². The summed E-state index contributed by atoms with van der Waals surface area (Å²) in [5, 5.41) is 4.72. The molecule has 0 saturated heterocycles. The monoisotopic (exact) mass is 387 g/mol. The fraction of sp³-hybridized carbons (Fsp3) is 0.348. The van der Waals surface area contributed by atoms with Crippen LogP contribution in [0.2, 0.25) is 0 Å². The number of hydrogen-bond acceptors (Lipinski definition) is 6. The van der Waals surface area contributed by atoms with Crippen molar-refractivity contribution in [3.63, 3.8) is 0 Å². The molecule has 0 bridgehead atoms. The summed E-state index contributed by atoms with van der Waals surface area (Å²) in [7, 11) is 4.35. The van der Waals surface area contributed by atoms with Crippen LogP contribution >= 0.6 is 0 Å². The fourth-order valence-electron chi connectivity index (χ4n) is 4.29. The lowest BCUT2D eigenvalue weighted by Crippen LogP contribution is -2.36. The highest BCUT2D eigenvalue weighted by Crippen LogP contribution is 2.30. The van der Waals surface area contributed by atoms with E-state index < -0.39 is 0 Å². The van der Waals surface area contributed by atoms with Crippen LogP contribution in [-0.4, -0.2) is 46.0 Å². The van der Waals surface area contributed by atoms with Gasteiger partial charge in [0.05, 0.1) is 11.8 Å². The molecule has 1 aliphatic carbocycles. The van der Waals surface area contributed by atoms with Gasteiger partial charge in [0.1, 0.15) is 17.7 Å². The Bertz CT molecular complexity index is 1140. The summed E-state index contributed by atoms with van der Waals surface area (Å²) in [6, 6.07) is 11.3. The van der Waals surface area contributed by atoms with E-state index in [1.54, 1.807) is 12.6 Å². The van der Waals surface area contributed by atoms with E-state index in [-0.39, 0.29) is 0 Å². The molecule has 6 heteroatoms. The lowest BCUT2D eigenvalue weighted by molar-refractivity contribution is 0.221. The minimum atomic E-state index is 0.453. The number of rotatable bonds is 4. The molecule has 0 spiro atoms. The molecule has 0 unspecified atom stereocenters. The molecular weight excluding hydrogens is 362 g/mol. The number of nitrogens with one attached hydrogen (secondary N) is 1. The maximum Gasteiger partial charge on any atom is 0.152 e. The molecule has 3 heterocycles. The van der Waals surface area contributed by atoms with E-state index in [1.165, 1.54) is 12.8 Å². The Morgan fingerprint density at radius 3 is 2.62 bits per heavy atom. The number of hydrogen-bond donors (Lipinski definition) is 1. The summed E-state index contributed by atoms with van der Waals surface area (Å²) in [6.45, 7) is 0. The normalized spacial score (nSPS) is 19.8. The summed E-state index contributed by atoms with van der Waals surface area (Å²) >= 11 is 0. The molecule has 6 nitrogen and oxygen atoms in total. The molecule has 1 fully saturated rings. The second-order valence-electron chi connectivity index (χ2n) is 8.10. The largest absolute Gasteiger partial charge is 0.463 e. The van der Waals surface area contributed by atoms with Gasteiger partial charge in [0, 0.05) is 35.3 Å². The van der Waals surface area contributed by atoms with Crippen molar-refractivity contribution in [3.8, 4) is 11.1 Å². The van der Waals surface area contributed by atoms with Crippen LogP contribution in [0.5, 0.6) is 0 Å². The smallest absolute Gasteiger partial charge is 0.152 e. The SMILES string of the molecule is CN(C)C1CCC(Nc2ncnc3ccc(-c4cnc5ccoc5c4)cc23)CC1.